The van der Waals surface area contributed by atoms with E-state index >= 15 is 0 Å². The van der Waals surface area contributed by atoms with Crippen molar-refractivity contribution in [1.82, 2.24) is 9.66 Å². The highest BCUT2D eigenvalue weighted by molar-refractivity contribution is 7.07. The predicted octanol–water partition coefficient (Wildman–Crippen LogP) is 4.90. The van der Waals surface area contributed by atoms with E-state index in [0.717, 1.165) is 21.6 Å². The first-order chi connectivity index (χ1) is 13.8. The SMILES string of the molecule is Cc1ccc(-c2csc(=NCc3ccccc3)n2N=Cc2cccnc2)cc1. The summed E-state index contributed by atoms with van der Waals surface area (Å²) in [5, 5.41) is 6.82. The molecule has 28 heavy (non-hydrogen) atoms. The van der Waals surface area contributed by atoms with Gasteiger partial charge in [0.1, 0.15) is 0 Å². The molecule has 4 aromatic rings. The molecule has 0 saturated carbocycles. The minimum atomic E-state index is 0.622. The van der Waals surface area contributed by atoms with Gasteiger partial charge in [0.15, 0.2) is 0 Å². The van der Waals surface area contributed by atoms with E-state index in [2.05, 4.69) is 53.7 Å². The Morgan fingerprint density at radius 2 is 1.82 bits per heavy atom. The lowest BCUT2D eigenvalue weighted by Gasteiger charge is -2.04. The van der Waals surface area contributed by atoms with Gasteiger partial charge in [0, 0.05) is 28.9 Å². The van der Waals surface area contributed by atoms with Gasteiger partial charge in [0.05, 0.1) is 18.5 Å². The van der Waals surface area contributed by atoms with Gasteiger partial charge in [0.2, 0.25) is 4.80 Å². The molecule has 4 nitrogen and oxygen atoms in total. The lowest BCUT2D eigenvalue weighted by molar-refractivity contribution is 0.824. The van der Waals surface area contributed by atoms with E-state index in [1.165, 1.54) is 11.1 Å². The lowest BCUT2D eigenvalue weighted by atomic mass is 10.1. The van der Waals surface area contributed by atoms with Crippen molar-refractivity contribution in [2.75, 3.05) is 0 Å². The van der Waals surface area contributed by atoms with Crippen LogP contribution in [0.25, 0.3) is 11.3 Å². The maximum atomic E-state index is 4.80. The van der Waals surface area contributed by atoms with E-state index < -0.39 is 0 Å². The van der Waals surface area contributed by atoms with Crippen LogP contribution >= 0.6 is 11.3 Å². The van der Waals surface area contributed by atoms with Crippen molar-refractivity contribution in [3.63, 3.8) is 0 Å². The van der Waals surface area contributed by atoms with E-state index in [0.29, 0.717) is 6.54 Å². The number of aryl methyl sites for hydroxylation is 1. The Kier molecular flexibility index (Phi) is 5.54. The van der Waals surface area contributed by atoms with Crippen LogP contribution in [0.2, 0.25) is 0 Å². The van der Waals surface area contributed by atoms with Gasteiger partial charge < -0.3 is 0 Å². The summed E-state index contributed by atoms with van der Waals surface area (Å²) < 4.78 is 1.91. The number of thiazole rings is 1. The van der Waals surface area contributed by atoms with Crippen molar-refractivity contribution in [3.8, 4) is 11.3 Å². The quantitative estimate of drug-likeness (QED) is 0.451. The van der Waals surface area contributed by atoms with Crippen LogP contribution in [0.3, 0.4) is 0 Å². The Balaban J connectivity index is 1.75. The van der Waals surface area contributed by atoms with Gasteiger partial charge in [-0.05, 0) is 18.6 Å². The maximum Gasteiger partial charge on any atom is 0.206 e. The summed E-state index contributed by atoms with van der Waals surface area (Å²) in [7, 11) is 0. The minimum Gasteiger partial charge on any atom is -0.264 e. The molecular weight excluding hydrogens is 364 g/mol. The van der Waals surface area contributed by atoms with Gasteiger partial charge in [-0.15, -0.1) is 11.3 Å². The average Bonchev–Trinajstić information content (AvgIpc) is 3.15. The van der Waals surface area contributed by atoms with Crippen molar-refractivity contribution >= 4 is 17.6 Å². The molecule has 0 unspecified atom stereocenters. The van der Waals surface area contributed by atoms with Crippen LogP contribution in [-0.2, 0) is 6.54 Å². The molecule has 0 aliphatic heterocycles. The number of hydrogen-bond acceptors (Lipinski definition) is 4. The number of hydrogen-bond donors (Lipinski definition) is 0. The fraction of sp³-hybridized carbons (Fsp3) is 0.0870. The molecule has 0 N–H and O–H groups in total. The molecule has 0 spiro atoms. The van der Waals surface area contributed by atoms with Crippen LogP contribution in [0, 0.1) is 6.92 Å². The number of benzene rings is 2. The Morgan fingerprint density at radius 3 is 2.57 bits per heavy atom. The molecule has 138 valence electrons. The Bertz CT molecular complexity index is 1120. The van der Waals surface area contributed by atoms with Crippen molar-refractivity contribution in [2.24, 2.45) is 10.1 Å². The van der Waals surface area contributed by atoms with Gasteiger partial charge in [-0.2, -0.15) is 5.10 Å². The highest BCUT2D eigenvalue weighted by Crippen LogP contribution is 2.20. The summed E-state index contributed by atoms with van der Waals surface area (Å²) in [4.78, 5) is 9.82. The summed E-state index contributed by atoms with van der Waals surface area (Å²) in [6.07, 6.45) is 5.37. The molecule has 0 aliphatic rings. The van der Waals surface area contributed by atoms with Crippen molar-refractivity contribution in [3.05, 3.63) is 106 Å². The molecule has 2 heterocycles. The number of aromatic nitrogens is 2. The van der Waals surface area contributed by atoms with E-state index in [9.17, 15) is 0 Å². The second kappa shape index (κ2) is 8.59. The van der Waals surface area contributed by atoms with E-state index in [1.54, 1.807) is 23.7 Å². The first-order valence-corrected chi connectivity index (χ1v) is 9.94. The van der Waals surface area contributed by atoms with Gasteiger partial charge in [-0.25, -0.2) is 4.68 Å². The largest absolute Gasteiger partial charge is 0.264 e. The molecule has 0 amide bonds. The molecule has 0 fully saturated rings. The van der Waals surface area contributed by atoms with Crippen molar-refractivity contribution < 1.29 is 0 Å². The summed E-state index contributed by atoms with van der Waals surface area (Å²) in [5.74, 6) is 0. The standard InChI is InChI=1S/C23H20N4S/c1-18-9-11-21(12-10-18)22-17-28-23(25-15-19-6-3-2-4-7-19)27(22)26-16-20-8-5-13-24-14-20/h2-14,16-17H,15H2,1H3. The fourth-order valence-corrected chi connectivity index (χ4v) is 3.60. The van der Waals surface area contributed by atoms with Crippen LogP contribution in [0.4, 0.5) is 0 Å². The molecule has 4 rings (SSSR count). The van der Waals surface area contributed by atoms with Crippen molar-refractivity contribution in [2.45, 2.75) is 13.5 Å². The average molecular weight is 385 g/mol. The molecule has 2 aromatic heterocycles. The van der Waals surface area contributed by atoms with E-state index in [1.807, 2.05) is 41.2 Å². The zero-order valence-corrected chi connectivity index (χ0v) is 16.4. The Hall–Kier alpha value is -3.31. The fourth-order valence-electron chi connectivity index (χ4n) is 2.76. The smallest absolute Gasteiger partial charge is 0.206 e. The molecule has 0 saturated heterocycles. The monoisotopic (exact) mass is 384 g/mol. The van der Waals surface area contributed by atoms with Crippen LogP contribution in [-0.4, -0.2) is 15.9 Å². The Labute approximate surface area is 168 Å². The molecule has 2 aromatic carbocycles. The first-order valence-electron chi connectivity index (χ1n) is 9.06. The first kappa shape index (κ1) is 18.1. The summed E-state index contributed by atoms with van der Waals surface area (Å²) in [5.41, 5.74) is 5.50. The predicted molar refractivity (Wildman–Crippen MR) is 115 cm³/mol. The van der Waals surface area contributed by atoms with Crippen LogP contribution in [0.1, 0.15) is 16.7 Å². The third-order valence-corrected chi connectivity index (χ3v) is 5.13. The van der Waals surface area contributed by atoms with E-state index in [-0.39, 0.29) is 0 Å². The van der Waals surface area contributed by atoms with E-state index in [4.69, 9.17) is 10.1 Å². The number of rotatable bonds is 5. The minimum absolute atomic E-state index is 0.622. The maximum absolute atomic E-state index is 4.80. The third-order valence-electron chi connectivity index (χ3n) is 4.28. The molecule has 0 radical (unpaired) electrons. The zero-order valence-electron chi connectivity index (χ0n) is 15.6. The Morgan fingerprint density at radius 1 is 1.00 bits per heavy atom. The molecule has 0 atom stereocenters. The summed E-state index contributed by atoms with van der Waals surface area (Å²) in [6.45, 7) is 2.71. The molecule has 5 heteroatoms. The number of pyridine rings is 1. The van der Waals surface area contributed by atoms with Gasteiger partial charge in [0.25, 0.3) is 0 Å². The second-order valence-electron chi connectivity index (χ2n) is 6.41. The summed E-state index contributed by atoms with van der Waals surface area (Å²) in [6, 6.07) is 22.6. The van der Waals surface area contributed by atoms with Crippen LogP contribution in [0.15, 0.2) is 94.6 Å². The normalized spacial score (nSPS) is 12.0. The van der Waals surface area contributed by atoms with Crippen LogP contribution < -0.4 is 4.80 Å². The van der Waals surface area contributed by atoms with Crippen LogP contribution in [0.5, 0.6) is 0 Å². The molecule has 0 aliphatic carbocycles. The third kappa shape index (κ3) is 4.32. The van der Waals surface area contributed by atoms with Gasteiger partial charge >= 0.3 is 0 Å². The molecular formula is C23H20N4S. The van der Waals surface area contributed by atoms with Gasteiger partial charge in [-0.1, -0.05) is 66.2 Å². The zero-order chi connectivity index (χ0) is 19.2. The van der Waals surface area contributed by atoms with Crippen molar-refractivity contribution in [1.29, 1.82) is 0 Å². The lowest BCUT2D eigenvalue weighted by Crippen LogP contribution is -2.12. The topological polar surface area (TPSA) is 42.5 Å². The number of nitrogens with zero attached hydrogens (tertiary/aromatic N) is 4. The highest BCUT2D eigenvalue weighted by Gasteiger charge is 2.07. The highest BCUT2D eigenvalue weighted by atomic mass is 32.1. The summed E-state index contributed by atoms with van der Waals surface area (Å²) >= 11 is 1.60. The molecule has 0 bridgehead atoms. The second-order valence-corrected chi connectivity index (χ2v) is 7.25. The van der Waals surface area contributed by atoms with Gasteiger partial charge in [-0.3, -0.25) is 9.98 Å².